The van der Waals surface area contributed by atoms with E-state index < -0.39 is 5.60 Å². The number of furan rings is 1. The van der Waals surface area contributed by atoms with Crippen LogP contribution in [-0.2, 0) is 0 Å². The van der Waals surface area contributed by atoms with Crippen LogP contribution in [0.3, 0.4) is 0 Å². The second-order valence-corrected chi connectivity index (χ2v) is 9.83. The number of thiazole rings is 1. The number of nitrogen functional groups attached to an aromatic ring is 1. The smallest absolute Gasteiger partial charge is 0.177 e. The highest BCUT2D eigenvalue weighted by Gasteiger charge is 2.30. The summed E-state index contributed by atoms with van der Waals surface area (Å²) in [6.45, 7) is 1.89. The van der Waals surface area contributed by atoms with Crippen LogP contribution in [0.5, 0.6) is 0 Å². The molecule has 4 heterocycles. The monoisotopic (exact) mass is 463 g/mol. The molecule has 1 aliphatic carbocycles. The molecule has 0 radical (unpaired) electrons. The number of aromatic nitrogens is 4. The van der Waals surface area contributed by atoms with Crippen molar-refractivity contribution in [1.29, 1.82) is 0 Å². The van der Waals surface area contributed by atoms with Crippen molar-refractivity contribution in [3.05, 3.63) is 48.1 Å². The number of pyridine rings is 1. The van der Waals surface area contributed by atoms with Crippen LogP contribution in [0.15, 0.2) is 46.7 Å². The number of rotatable bonds is 3. The van der Waals surface area contributed by atoms with Gasteiger partial charge >= 0.3 is 0 Å². The van der Waals surface area contributed by atoms with Crippen molar-refractivity contribution in [1.82, 2.24) is 19.7 Å². The SMILES string of the molecule is CC1(O)CCC(n2cc(-c3cnc(N)c4oc(-c5c(F)ccc6ncsc56)cc34)cn2)CC1. The summed E-state index contributed by atoms with van der Waals surface area (Å²) in [4.78, 5) is 8.60. The van der Waals surface area contributed by atoms with Gasteiger partial charge in [0.05, 0.1) is 39.1 Å². The van der Waals surface area contributed by atoms with Crippen molar-refractivity contribution in [2.75, 3.05) is 5.73 Å². The van der Waals surface area contributed by atoms with E-state index in [1.54, 1.807) is 24.0 Å². The van der Waals surface area contributed by atoms with Gasteiger partial charge in [-0.05, 0) is 50.8 Å². The maximum absolute atomic E-state index is 14.8. The lowest BCUT2D eigenvalue weighted by Crippen LogP contribution is -2.31. The number of hydrogen-bond acceptors (Lipinski definition) is 7. The molecule has 1 saturated carbocycles. The molecular formula is C24H22FN5O2S. The first-order valence-electron chi connectivity index (χ1n) is 10.9. The van der Waals surface area contributed by atoms with E-state index in [0.29, 0.717) is 16.9 Å². The van der Waals surface area contributed by atoms with Crippen LogP contribution in [-0.4, -0.2) is 30.5 Å². The van der Waals surface area contributed by atoms with Gasteiger partial charge in [0, 0.05) is 28.9 Å². The lowest BCUT2D eigenvalue weighted by atomic mass is 9.84. The van der Waals surface area contributed by atoms with Crippen LogP contribution in [0.25, 0.3) is 43.6 Å². The summed E-state index contributed by atoms with van der Waals surface area (Å²) >= 11 is 1.37. The molecule has 4 aromatic heterocycles. The van der Waals surface area contributed by atoms with Crippen molar-refractivity contribution in [3.63, 3.8) is 0 Å². The van der Waals surface area contributed by atoms with E-state index in [4.69, 9.17) is 10.2 Å². The van der Waals surface area contributed by atoms with E-state index in [0.717, 1.165) is 52.4 Å². The fraction of sp³-hybridized carbons (Fsp3) is 0.292. The van der Waals surface area contributed by atoms with Crippen molar-refractivity contribution in [2.24, 2.45) is 0 Å². The van der Waals surface area contributed by atoms with Crippen LogP contribution in [0.1, 0.15) is 38.6 Å². The summed E-state index contributed by atoms with van der Waals surface area (Å²) in [6.07, 6.45) is 8.74. The molecule has 0 aliphatic heterocycles. The normalized spacial score (nSPS) is 21.2. The molecule has 0 bridgehead atoms. The zero-order valence-electron chi connectivity index (χ0n) is 18.0. The van der Waals surface area contributed by atoms with Crippen molar-refractivity contribution < 1.29 is 13.9 Å². The van der Waals surface area contributed by atoms with E-state index in [2.05, 4.69) is 15.1 Å². The van der Waals surface area contributed by atoms with E-state index in [1.807, 2.05) is 23.9 Å². The number of nitrogens with zero attached hydrogens (tertiary/aromatic N) is 4. The molecular weight excluding hydrogens is 441 g/mol. The van der Waals surface area contributed by atoms with Gasteiger partial charge in [0.1, 0.15) is 11.6 Å². The molecule has 3 N–H and O–H groups in total. The molecule has 0 atom stereocenters. The Kier molecular flexibility index (Phi) is 4.53. The molecule has 0 spiro atoms. The van der Waals surface area contributed by atoms with Gasteiger partial charge in [-0.1, -0.05) is 0 Å². The standard InChI is InChI=1S/C24H22FN5O2S/c1-24(31)6-4-14(5-7-24)30-11-13(9-29-30)16-10-27-23(26)21-15(16)8-19(32-21)20-17(25)2-3-18-22(20)33-12-28-18/h2-3,8-12,14,31H,4-7H2,1H3,(H2,26,27). The summed E-state index contributed by atoms with van der Waals surface area (Å²) in [6, 6.07) is 5.12. The van der Waals surface area contributed by atoms with E-state index in [9.17, 15) is 9.50 Å². The van der Waals surface area contributed by atoms with Crippen LogP contribution < -0.4 is 5.73 Å². The zero-order chi connectivity index (χ0) is 22.7. The van der Waals surface area contributed by atoms with Crippen LogP contribution >= 0.6 is 11.3 Å². The third kappa shape index (κ3) is 3.39. The highest BCUT2D eigenvalue weighted by molar-refractivity contribution is 7.17. The van der Waals surface area contributed by atoms with Gasteiger partial charge in [-0.2, -0.15) is 5.10 Å². The topological polar surface area (TPSA) is 103 Å². The molecule has 168 valence electrons. The Balaban J connectivity index is 1.43. The highest BCUT2D eigenvalue weighted by Crippen LogP contribution is 2.41. The summed E-state index contributed by atoms with van der Waals surface area (Å²) < 4.78 is 23.6. The molecule has 0 saturated heterocycles. The maximum atomic E-state index is 14.8. The van der Waals surface area contributed by atoms with Gasteiger partial charge in [-0.25, -0.2) is 14.4 Å². The molecule has 0 amide bonds. The number of halogens is 1. The second kappa shape index (κ2) is 7.36. The highest BCUT2D eigenvalue weighted by atomic mass is 32.1. The first kappa shape index (κ1) is 20.3. The Morgan fingerprint density at radius 3 is 2.88 bits per heavy atom. The Morgan fingerprint density at radius 2 is 2.06 bits per heavy atom. The van der Waals surface area contributed by atoms with Crippen LogP contribution in [0, 0.1) is 5.82 Å². The number of aliphatic hydroxyl groups is 1. The number of benzene rings is 1. The van der Waals surface area contributed by atoms with Gasteiger partial charge in [0.2, 0.25) is 0 Å². The number of nitrogens with two attached hydrogens (primary N) is 1. The van der Waals surface area contributed by atoms with Gasteiger partial charge < -0.3 is 15.3 Å². The maximum Gasteiger partial charge on any atom is 0.177 e. The lowest BCUT2D eigenvalue weighted by Gasteiger charge is -2.33. The molecule has 5 aromatic rings. The van der Waals surface area contributed by atoms with Gasteiger partial charge in [0.15, 0.2) is 11.4 Å². The predicted octanol–water partition coefficient (Wildman–Crippen LogP) is 5.56. The zero-order valence-corrected chi connectivity index (χ0v) is 18.8. The third-order valence-corrected chi connectivity index (χ3v) is 7.46. The quantitative estimate of drug-likeness (QED) is 0.363. The molecule has 1 aliphatic rings. The largest absolute Gasteiger partial charge is 0.452 e. The molecule has 9 heteroatoms. The van der Waals surface area contributed by atoms with Crippen molar-refractivity contribution in [3.8, 4) is 22.5 Å². The lowest BCUT2D eigenvalue weighted by molar-refractivity contribution is 0.00852. The summed E-state index contributed by atoms with van der Waals surface area (Å²) in [5.41, 5.74) is 10.4. The molecule has 7 nitrogen and oxygen atoms in total. The van der Waals surface area contributed by atoms with Gasteiger partial charge in [0.25, 0.3) is 0 Å². The van der Waals surface area contributed by atoms with Gasteiger partial charge in [-0.3, -0.25) is 4.68 Å². The Bertz CT molecular complexity index is 1490. The first-order chi connectivity index (χ1) is 15.9. The Labute approximate surface area is 192 Å². The minimum Gasteiger partial charge on any atom is -0.452 e. The predicted molar refractivity (Wildman–Crippen MR) is 126 cm³/mol. The first-order valence-corrected chi connectivity index (χ1v) is 11.7. The minimum absolute atomic E-state index is 0.245. The molecule has 1 aromatic carbocycles. The molecule has 0 unspecified atom stereocenters. The second-order valence-electron chi connectivity index (χ2n) is 8.97. The number of fused-ring (bicyclic) bond motifs is 2. The average molecular weight is 464 g/mol. The van der Waals surface area contributed by atoms with E-state index in [-0.39, 0.29) is 17.7 Å². The third-order valence-electron chi connectivity index (χ3n) is 6.60. The van der Waals surface area contributed by atoms with E-state index >= 15 is 0 Å². The summed E-state index contributed by atoms with van der Waals surface area (Å²) in [7, 11) is 0. The summed E-state index contributed by atoms with van der Waals surface area (Å²) in [5, 5.41) is 15.6. The minimum atomic E-state index is -0.594. The fourth-order valence-electron chi connectivity index (χ4n) is 4.70. The fourth-order valence-corrected chi connectivity index (χ4v) is 5.53. The van der Waals surface area contributed by atoms with Crippen LogP contribution in [0.2, 0.25) is 0 Å². The molecule has 33 heavy (non-hydrogen) atoms. The van der Waals surface area contributed by atoms with Crippen LogP contribution in [0.4, 0.5) is 10.2 Å². The van der Waals surface area contributed by atoms with E-state index in [1.165, 1.54) is 17.4 Å². The number of hydrogen-bond donors (Lipinski definition) is 2. The van der Waals surface area contributed by atoms with Crippen molar-refractivity contribution >= 4 is 38.3 Å². The van der Waals surface area contributed by atoms with Gasteiger partial charge in [-0.15, -0.1) is 11.3 Å². The average Bonchev–Trinajstić information content (AvgIpc) is 3.53. The van der Waals surface area contributed by atoms with Crippen molar-refractivity contribution in [2.45, 2.75) is 44.2 Å². The number of anilines is 1. The summed E-state index contributed by atoms with van der Waals surface area (Å²) in [5.74, 6) is 0.263. The Morgan fingerprint density at radius 1 is 1.24 bits per heavy atom. The Hall–Kier alpha value is -3.30. The molecule has 6 rings (SSSR count). The molecule has 1 fully saturated rings.